The minimum Gasteiger partial charge on any atom is -0.406 e. The second kappa shape index (κ2) is 9.49. The molecule has 11 heteroatoms. The van der Waals surface area contributed by atoms with Crippen molar-refractivity contribution in [3.05, 3.63) is 59.7 Å². The van der Waals surface area contributed by atoms with Gasteiger partial charge >= 0.3 is 6.36 Å². The lowest BCUT2D eigenvalue weighted by Gasteiger charge is -2.34. The molecule has 0 spiro atoms. The number of hydrogen-bond acceptors (Lipinski definition) is 5. The average molecular weight is 475 g/mol. The Morgan fingerprint density at radius 1 is 1.00 bits per heavy atom. The van der Waals surface area contributed by atoms with E-state index in [-0.39, 0.29) is 37.0 Å². The molecule has 0 aromatic heterocycles. The van der Waals surface area contributed by atoms with E-state index in [0.29, 0.717) is 5.56 Å². The largest absolute Gasteiger partial charge is 0.573 e. The molecule has 0 bridgehead atoms. The second-order valence-electron chi connectivity index (χ2n) is 6.85. The van der Waals surface area contributed by atoms with Crippen LogP contribution in [0.4, 0.5) is 13.2 Å². The molecule has 6 nitrogen and oxygen atoms in total. The number of thioether (sulfide) groups is 1. The summed E-state index contributed by atoms with van der Waals surface area (Å²) in [5, 5.41) is 0. The van der Waals surface area contributed by atoms with Gasteiger partial charge in [0.15, 0.2) is 0 Å². The van der Waals surface area contributed by atoms with E-state index in [1.54, 1.807) is 28.8 Å². The number of nitrogens with zero attached hydrogens (tertiary/aromatic N) is 2. The van der Waals surface area contributed by atoms with Crippen molar-refractivity contribution in [2.75, 3.05) is 32.4 Å². The molecule has 1 aliphatic rings. The summed E-state index contributed by atoms with van der Waals surface area (Å²) in [7, 11) is -3.89. The first-order valence-electron chi connectivity index (χ1n) is 9.33. The molecule has 0 N–H and O–H groups in total. The Hall–Kier alpha value is -2.24. The summed E-state index contributed by atoms with van der Waals surface area (Å²) in [6, 6.07) is 11.4. The van der Waals surface area contributed by atoms with Crippen LogP contribution in [0.25, 0.3) is 0 Å². The first-order chi connectivity index (χ1) is 14.6. The van der Waals surface area contributed by atoms with Crippen LogP contribution in [0.5, 0.6) is 5.75 Å². The van der Waals surface area contributed by atoms with Crippen molar-refractivity contribution >= 4 is 27.7 Å². The van der Waals surface area contributed by atoms with E-state index in [0.717, 1.165) is 35.6 Å². The summed E-state index contributed by atoms with van der Waals surface area (Å²) in [5.74, 6) is 0.195. The lowest BCUT2D eigenvalue weighted by molar-refractivity contribution is -0.274. The first-order valence-corrected chi connectivity index (χ1v) is 12.2. The maximum atomic E-state index is 12.8. The summed E-state index contributed by atoms with van der Waals surface area (Å²) < 4.78 is 67.3. The number of ether oxygens (including phenoxy) is 1. The van der Waals surface area contributed by atoms with E-state index in [1.165, 1.54) is 4.31 Å². The third-order valence-electron chi connectivity index (χ3n) is 4.73. The van der Waals surface area contributed by atoms with Gasteiger partial charge in [0.1, 0.15) is 5.75 Å². The van der Waals surface area contributed by atoms with E-state index < -0.39 is 22.1 Å². The van der Waals surface area contributed by atoms with Gasteiger partial charge in [-0.1, -0.05) is 12.1 Å². The number of halogens is 3. The summed E-state index contributed by atoms with van der Waals surface area (Å²) in [6.07, 6.45) is -2.85. The molecule has 0 unspecified atom stereocenters. The summed E-state index contributed by atoms with van der Waals surface area (Å²) in [4.78, 5) is 14.2. The van der Waals surface area contributed by atoms with Gasteiger partial charge in [-0.2, -0.15) is 16.1 Å². The molecule has 0 radical (unpaired) electrons. The van der Waals surface area contributed by atoms with Crippen LogP contribution in [0.3, 0.4) is 0 Å². The van der Waals surface area contributed by atoms with Crippen molar-refractivity contribution in [2.45, 2.75) is 17.0 Å². The fourth-order valence-corrected chi connectivity index (χ4v) is 5.13. The van der Waals surface area contributed by atoms with Crippen molar-refractivity contribution < 1.29 is 31.1 Å². The van der Waals surface area contributed by atoms with Gasteiger partial charge in [0.2, 0.25) is 10.0 Å². The molecule has 31 heavy (non-hydrogen) atoms. The molecule has 1 amide bonds. The Kier molecular flexibility index (Phi) is 7.17. The highest BCUT2D eigenvalue weighted by Gasteiger charge is 2.32. The molecule has 1 heterocycles. The molecule has 0 aliphatic carbocycles. The Bertz CT molecular complexity index is 1000. The highest BCUT2D eigenvalue weighted by Crippen LogP contribution is 2.25. The minimum absolute atomic E-state index is 0.0967. The highest BCUT2D eigenvalue weighted by molar-refractivity contribution is 7.97. The number of sulfonamides is 1. The zero-order valence-corrected chi connectivity index (χ0v) is 18.3. The van der Waals surface area contributed by atoms with Crippen molar-refractivity contribution in [2.24, 2.45) is 0 Å². The minimum atomic E-state index is -4.85. The molecule has 3 rings (SSSR count). The molecular formula is C20H21F3N2O4S2. The Labute approximate surface area is 183 Å². The van der Waals surface area contributed by atoms with E-state index in [9.17, 15) is 26.4 Å². The maximum Gasteiger partial charge on any atom is 0.573 e. The summed E-state index contributed by atoms with van der Waals surface area (Å²) >= 11 is 1.69. The van der Waals surface area contributed by atoms with Crippen molar-refractivity contribution in [3.63, 3.8) is 0 Å². The Morgan fingerprint density at radius 2 is 1.58 bits per heavy atom. The lowest BCUT2D eigenvalue weighted by atomic mass is 10.1. The lowest BCUT2D eigenvalue weighted by Crippen LogP contribution is -2.50. The van der Waals surface area contributed by atoms with Crippen LogP contribution in [-0.4, -0.2) is 62.3 Å². The summed E-state index contributed by atoms with van der Waals surface area (Å²) in [6.45, 7) is 0.638. The standard InChI is InChI=1S/C20H21F3N2O4S2/c1-30-14-15-2-4-16(5-3-15)19(26)24-10-12-25(13-11-24)31(27,28)18-8-6-17(7-9-18)29-20(21,22)23/h2-9H,10-14H2,1H3. The molecule has 1 fully saturated rings. The molecule has 0 saturated carbocycles. The Morgan fingerprint density at radius 3 is 2.10 bits per heavy atom. The van der Waals surface area contributed by atoms with Crippen LogP contribution in [0.2, 0.25) is 0 Å². The number of hydrogen-bond donors (Lipinski definition) is 0. The fraction of sp³-hybridized carbons (Fsp3) is 0.350. The quantitative estimate of drug-likeness (QED) is 0.640. The van der Waals surface area contributed by atoms with Crippen LogP contribution in [0.1, 0.15) is 15.9 Å². The van der Waals surface area contributed by atoms with Gasteiger partial charge in [-0.05, 0) is 48.2 Å². The van der Waals surface area contributed by atoms with E-state index in [1.807, 2.05) is 18.4 Å². The van der Waals surface area contributed by atoms with Crippen LogP contribution in [-0.2, 0) is 15.8 Å². The topological polar surface area (TPSA) is 66.9 Å². The van der Waals surface area contributed by atoms with Gasteiger partial charge in [-0.15, -0.1) is 13.2 Å². The third-order valence-corrected chi connectivity index (χ3v) is 7.27. The van der Waals surface area contributed by atoms with Crippen LogP contribution in [0.15, 0.2) is 53.4 Å². The van der Waals surface area contributed by atoms with Gasteiger partial charge in [0.25, 0.3) is 5.91 Å². The molecule has 168 valence electrons. The number of rotatable bonds is 6. The average Bonchev–Trinajstić information content (AvgIpc) is 2.73. The number of carbonyl (C=O) groups is 1. The van der Waals surface area contributed by atoms with Crippen LogP contribution < -0.4 is 4.74 Å². The van der Waals surface area contributed by atoms with Gasteiger partial charge < -0.3 is 9.64 Å². The van der Waals surface area contributed by atoms with E-state index >= 15 is 0 Å². The predicted molar refractivity (Wildman–Crippen MR) is 111 cm³/mol. The molecule has 0 atom stereocenters. The molecule has 1 aliphatic heterocycles. The predicted octanol–water partition coefficient (Wildman–Crippen LogP) is 3.59. The van der Waals surface area contributed by atoms with Crippen molar-refractivity contribution in [1.29, 1.82) is 0 Å². The van der Waals surface area contributed by atoms with Gasteiger partial charge in [-0.25, -0.2) is 8.42 Å². The zero-order chi connectivity index (χ0) is 22.6. The van der Waals surface area contributed by atoms with Crippen LogP contribution in [0, 0.1) is 0 Å². The number of alkyl halides is 3. The van der Waals surface area contributed by atoms with E-state index in [2.05, 4.69) is 4.74 Å². The Balaban J connectivity index is 1.62. The second-order valence-corrected chi connectivity index (χ2v) is 9.65. The van der Waals surface area contributed by atoms with Crippen LogP contribution >= 0.6 is 11.8 Å². The van der Waals surface area contributed by atoms with Gasteiger partial charge in [0, 0.05) is 37.5 Å². The zero-order valence-electron chi connectivity index (χ0n) is 16.6. The number of carbonyl (C=O) groups excluding carboxylic acids is 1. The molecule has 1 saturated heterocycles. The van der Waals surface area contributed by atoms with E-state index in [4.69, 9.17) is 0 Å². The summed E-state index contributed by atoms with van der Waals surface area (Å²) in [5.41, 5.74) is 1.66. The van der Waals surface area contributed by atoms with Crippen molar-refractivity contribution in [1.82, 2.24) is 9.21 Å². The SMILES string of the molecule is CSCc1ccc(C(=O)N2CCN(S(=O)(=O)c3ccc(OC(F)(F)F)cc3)CC2)cc1. The highest BCUT2D eigenvalue weighted by atomic mass is 32.2. The van der Waals surface area contributed by atoms with Gasteiger partial charge in [0.05, 0.1) is 4.90 Å². The normalized spacial score (nSPS) is 15.7. The number of piperazine rings is 1. The maximum absolute atomic E-state index is 12.8. The first kappa shape index (κ1) is 23.4. The third kappa shape index (κ3) is 5.92. The number of benzene rings is 2. The molecular weight excluding hydrogens is 453 g/mol. The fourth-order valence-electron chi connectivity index (χ4n) is 3.19. The monoisotopic (exact) mass is 474 g/mol. The smallest absolute Gasteiger partial charge is 0.406 e. The molecule has 2 aromatic carbocycles. The van der Waals surface area contributed by atoms with Gasteiger partial charge in [-0.3, -0.25) is 4.79 Å². The number of amides is 1. The van der Waals surface area contributed by atoms with Crippen molar-refractivity contribution in [3.8, 4) is 5.75 Å². The molecule has 2 aromatic rings.